The predicted molar refractivity (Wildman–Crippen MR) is 59.7 cm³/mol. The van der Waals surface area contributed by atoms with Crippen LogP contribution in [0.25, 0.3) is 0 Å². The Morgan fingerprint density at radius 3 is 2.77 bits per heavy atom. The summed E-state index contributed by atoms with van der Waals surface area (Å²) >= 11 is 9.16. The first-order valence-electron chi connectivity index (χ1n) is 3.96. The first-order valence-corrected chi connectivity index (χ1v) is 5.13. The molecule has 70 valence electrons. The van der Waals surface area contributed by atoms with Crippen molar-refractivity contribution in [2.24, 2.45) is 10.9 Å². The molecule has 0 bridgehead atoms. The van der Waals surface area contributed by atoms with Crippen LogP contribution in [0.3, 0.4) is 0 Å². The SMILES string of the molecule is CC(C)/C(Cl)=N/c1cccc(Br)n1. The Hall–Kier alpha value is -0.410. The van der Waals surface area contributed by atoms with Crippen molar-refractivity contribution in [3.63, 3.8) is 0 Å². The van der Waals surface area contributed by atoms with Gasteiger partial charge in [-0.2, -0.15) is 0 Å². The molecule has 1 aromatic rings. The number of aliphatic imine (C=N–C) groups is 1. The zero-order chi connectivity index (χ0) is 9.84. The minimum Gasteiger partial charge on any atom is -0.222 e. The largest absolute Gasteiger partial charge is 0.222 e. The summed E-state index contributed by atoms with van der Waals surface area (Å²) in [5.41, 5.74) is 0. The molecule has 0 saturated carbocycles. The molecule has 0 fully saturated rings. The van der Waals surface area contributed by atoms with Crippen LogP contribution in [-0.2, 0) is 0 Å². The predicted octanol–water partition coefficient (Wildman–Crippen LogP) is 3.77. The average Bonchev–Trinajstić information content (AvgIpc) is 2.04. The lowest BCUT2D eigenvalue weighted by molar-refractivity contribution is 0.898. The van der Waals surface area contributed by atoms with Gasteiger partial charge in [0.25, 0.3) is 0 Å². The topological polar surface area (TPSA) is 25.2 Å². The Kier molecular flexibility index (Phi) is 3.88. The van der Waals surface area contributed by atoms with Crippen LogP contribution < -0.4 is 0 Å². The molecule has 0 aliphatic carbocycles. The van der Waals surface area contributed by atoms with Crippen molar-refractivity contribution >= 4 is 38.5 Å². The van der Waals surface area contributed by atoms with Gasteiger partial charge in [-0.15, -0.1) is 0 Å². The molecule has 1 heterocycles. The van der Waals surface area contributed by atoms with Gasteiger partial charge in [-0.05, 0) is 28.1 Å². The van der Waals surface area contributed by atoms with Crippen LogP contribution in [0, 0.1) is 5.92 Å². The molecule has 1 rings (SSSR count). The van der Waals surface area contributed by atoms with Crippen LogP contribution >= 0.6 is 27.5 Å². The molecule has 0 atom stereocenters. The minimum atomic E-state index is 0.238. The second-order valence-electron chi connectivity index (χ2n) is 2.91. The molecule has 0 amide bonds. The highest BCUT2D eigenvalue weighted by atomic mass is 79.9. The summed E-state index contributed by atoms with van der Waals surface area (Å²) in [7, 11) is 0. The van der Waals surface area contributed by atoms with Crippen molar-refractivity contribution in [1.29, 1.82) is 0 Å². The summed E-state index contributed by atoms with van der Waals surface area (Å²) < 4.78 is 0.766. The van der Waals surface area contributed by atoms with E-state index < -0.39 is 0 Å². The van der Waals surface area contributed by atoms with Crippen molar-refractivity contribution in [3.8, 4) is 0 Å². The van der Waals surface area contributed by atoms with Crippen molar-refractivity contribution in [3.05, 3.63) is 22.8 Å². The van der Waals surface area contributed by atoms with E-state index in [-0.39, 0.29) is 5.92 Å². The number of hydrogen-bond acceptors (Lipinski definition) is 2. The summed E-state index contributed by atoms with van der Waals surface area (Å²) in [6.07, 6.45) is 0. The third-order valence-corrected chi connectivity index (χ3v) is 2.36. The first kappa shape index (κ1) is 10.7. The van der Waals surface area contributed by atoms with E-state index in [0.717, 1.165) is 4.60 Å². The number of halogens is 2. The fourth-order valence-corrected chi connectivity index (χ4v) is 1.12. The maximum Gasteiger partial charge on any atom is 0.154 e. The molecule has 4 heteroatoms. The van der Waals surface area contributed by atoms with Crippen LogP contribution in [0.2, 0.25) is 0 Å². The summed E-state index contributed by atoms with van der Waals surface area (Å²) in [6.45, 7) is 3.98. The van der Waals surface area contributed by atoms with Gasteiger partial charge >= 0.3 is 0 Å². The van der Waals surface area contributed by atoms with Gasteiger partial charge < -0.3 is 0 Å². The summed E-state index contributed by atoms with van der Waals surface area (Å²) in [4.78, 5) is 8.30. The highest BCUT2D eigenvalue weighted by molar-refractivity contribution is 9.10. The molecular weight excluding hydrogens is 251 g/mol. The van der Waals surface area contributed by atoms with Crippen LogP contribution in [0.5, 0.6) is 0 Å². The second kappa shape index (κ2) is 4.72. The number of hydrogen-bond donors (Lipinski definition) is 0. The van der Waals surface area contributed by atoms with Crippen molar-refractivity contribution in [2.75, 3.05) is 0 Å². The zero-order valence-corrected chi connectivity index (χ0v) is 9.80. The molecule has 0 spiro atoms. The van der Waals surface area contributed by atoms with Gasteiger partial charge in [-0.25, -0.2) is 9.98 Å². The number of rotatable bonds is 2. The van der Waals surface area contributed by atoms with Gasteiger partial charge in [-0.1, -0.05) is 31.5 Å². The lowest BCUT2D eigenvalue weighted by Gasteiger charge is -2.00. The minimum absolute atomic E-state index is 0.238. The maximum atomic E-state index is 5.90. The van der Waals surface area contributed by atoms with Gasteiger partial charge in [0.15, 0.2) is 5.82 Å². The Morgan fingerprint density at radius 1 is 1.54 bits per heavy atom. The Balaban J connectivity index is 2.91. The Labute approximate surface area is 91.2 Å². The molecule has 0 radical (unpaired) electrons. The number of pyridine rings is 1. The van der Waals surface area contributed by atoms with Gasteiger partial charge in [0.2, 0.25) is 0 Å². The molecule has 0 unspecified atom stereocenters. The molecule has 0 aliphatic rings. The van der Waals surface area contributed by atoms with E-state index >= 15 is 0 Å². The standard InChI is InChI=1S/C9H10BrClN2/c1-6(2)9(11)13-8-5-3-4-7(10)12-8/h3-6H,1-2H3/b13-9-. The van der Waals surface area contributed by atoms with Gasteiger partial charge in [0, 0.05) is 5.92 Å². The van der Waals surface area contributed by atoms with Crippen molar-refractivity contribution in [1.82, 2.24) is 4.98 Å². The molecule has 0 saturated heterocycles. The van der Waals surface area contributed by atoms with E-state index in [9.17, 15) is 0 Å². The second-order valence-corrected chi connectivity index (χ2v) is 4.11. The van der Waals surface area contributed by atoms with Crippen LogP contribution in [-0.4, -0.2) is 10.2 Å². The van der Waals surface area contributed by atoms with E-state index in [4.69, 9.17) is 11.6 Å². The monoisotopic (exact) mass is 260 g/mol. The van der Waals surface area contributed by atoms with E-state index in [1.165, 1.54) is 0 Å². The summed E-state index contributed by atoms with van der Waals surface area (Å²) in [5, 5.41) is 0.575. The van der Waals surface area contributed by atoms with E-state index in [1.807, 2.05) is 32.0 Å². The lowest BCUT2D eigenvalue weighted by atomic mass is 10.2. The van der Waals surface area contributed by atoms with E-state index in [0.29, 0.717) is 11.0 Å². The zero-order valence-electron chi connectivity index (χ0n) is 7.46. The smallest absolute Gasteiger partial charge is 0.154 e. The molecule has 1 aromatic heterocycles. The first-order chi connectivity index (χ1) is 6.09. The molecule has 0 N–H and O–H groups in total. The fourth-order valence-electron chi connectivity index (χ4n) is 0.698. The fraction of sp³-hybridized carbons (Fsp3) is 0.333. The molecule has 2 nitrogen and oxygen atoms in total. The molecular formula is C9H10BrClN2. The number of aromatic nitrogens is 1. The van der Waals surface area contributed by atoms with Gasteiger partial charge in [0.1, 0.15) is 9.77 Å². The molecule has 0 aromatic carbocycles. The highest BCUT2D eigenvalue weighted by Crippen LogP contribution is 2.15. The van der Waals surface area contributed by atoms with Crippen LogP contribution in [0.15, 0.2) is 27.8 Å². The van der Waals surface area contributed by atoms with E-state index in [2.05, 4.69) is 25.9 Å². The summed E-state index contributed by atoms with van der Waals surface area (Å²) in [6, 6.07) is 5.54. The molecule has 13 heavy (non-hydrogen) atoms. The van der Waals surface area contributed by atoms with Crippen molar-refractivity contribution < 1.29 is 0 Å². The normalized spacial score (nSPS) is 12.2. The molecule has 0 aliphatic heterocycles. The third-order valence-electron chi connectivity index (χ3n) is 1.40. The highest BCUT2D eigenvalue weighted by Gasteiger charge is 2.01. The van der Waals surface area contributed by atoms with Crippen LogP contribution in [0.4, 0.5) is 5.82 Å². The Bertz CT molecular complexity index is 323. The third kappa shape index (κ3) is 3.44. The van der Waals surface area contributed by atoms with Gasteiger partial charge in [0.05, 0.1) is 0 Å². The van der Waals surface area contributed by atoms with E-state index in [1.54, 1.807) is 0 Å². The van der Waals surface area contributed by atoms with Gasteiger partial charge in [-0.3, -0.25) is 0 Å². The maximum absolute atomic E-state index is 5.90. The average molecular weight is 262 g/mol. The summed E-state index contributed by atoms with van der Waals surface area (Å²) in [5.74, 6) is 0.871. The Morgan fingerprint density at radius 2 is 2.23 bits per heavy atom. The quantitative estimate of drug-likeness (QED) is 0.588. The number of nitrogens with zero attached hydrogens (tertiary/aromatic N) is 2. The van der Waals surface area contributed by atoms with Crippen LogP contribution in [0.1, 0.15) is 13.8 Å². The lowest BCUT2D eigenvalue weighted by Crippen LogP contribution is -1.97. The van der Waals surface area contributed by atoms with Crippen molar-refractivity contribution in [2.45, 2.75) is 13.8 Å².